The third-order valence-corrected chi connectivity index (χ3v) is 5.52. The van der Waals surface area contributed by atoms with E-state index < -0.39 is 0 Å². The Kier molecular flexibility index (Phi) is 6.96. The average molecular weight is 351 g/mol. The van der Waals surface area contributed by atoms with Crippen molar-refractivity contribution in [1.29, 1.82) is 0 Å². The van der Waals surface area contributed by atoms with Gasteiger partial charge in [-0.25, -0.2) is 0 Å². The van der Waals surface area contributed by atoms with Crippen LogP contribution in [0.3, 0.4) is 0 Å². The van der Waals surface area contributed by atoms with Crippen LogP contribution in [0, 0.1) is 5.92 Å². The van der Waals surface area contributed by atoms with E-state index in [0.717, 1.165) is 24.6 Å². The average Bonchev–Trinajstić information content (AvgIpc) is 2.60. The summed E-state index contributed by atoms with van der Waals surface area (Å²) in [4.78, 5) is 2.41. The maximum atomic E-state index is 5.45. The summed E-state index contributed by atoms with van der Waals surface area (Å²) in [6.45, 7) is 4.14. The zero-order valence-corrected chi connectivity index (χ0v) is 16.6. The van der Waals surface area contributed by atoms with Crippen LogP contribution in [0.2, 0.25) is 0 Å². The molecule has 142 valence electrons. The van der Waals surface area contributed by atoms with Gasteiger partial charge in [0.25, 0.3) is 0 Å². The van der Waals surface area contributed by atoms with Gasteiger partial charge in [0.1, 0.15) is 0 Å². The van der Waals surface area contributed by atoms with Crippen LogP contribution >= 0.6 is 0 Å². The van der Waals surface area contributed by atoms with Gasteiger partial charge in [0.2, 0.25) is 5.75 Å². The lowest BCUT2D eigenvalue weighted by atomic mass is 9.75. The van der Waals surface area contributed by atoms with Crippen LogP contribution < -0.4 is 19.5 Å². The van der Waals surface area contributed by atoms with Gasteiger partial charge in [-0.3, -0.25) is 0 Å². The molecule has 1 fully saturated rings. The number of likely N-dealkylation sites (N-methyl/N-ethyl adjacent to an activating group) is 1. The van der Waals surface area contributed by atoms with E-state index >= 15 is 0 Å². The van der Waals surface area contributed by atoms with Gasteiger partial charge in [-0.05, 0) is 50.6 Å². The van der Waals surface area contributed by atoms with E-state index in [-0.39, 0.29) is 5.54 Å². The van der Waals surface area contributed by atoms with E-state index in [2.05, 4.69) is 31.2 Å². The normalized spacial score (nSPS) is 23.6. The molecule has 2 rings (SSSR count). The Morgan fingerprint density at radius 2 is 1.76 bits per heavy atom. The molecule has 2 atom stereocenters. The molecule has 0 spiro atoms. The van der Waals surface area contributed by atoms with Crippen molar-refractivity contribution >= 4 is 0 Å². The fraction of sp³-hybridized carbons (Fsp3) is 0.700. The zero-order chi connectivity index (χ0) is 18.4. The highest BCUT2D eigenvalue weighted by atomic mass is 16.5. The summed E-state index contributed by atoms with van der Waals surface area (Å²) >= 11 is 0. The summed E-state index contributed by atoms with van der Waals surface area (Å²) in [7, 11) is 9.35. The molecule has 1 aromatic carbocycles. The predicted octanol–water partition coefficient (Wildman–Crippen LogP) is 3.31. The van der Waals surface area contributed by atoms with Crippen molar-refractivity contribution in [3.05, 3.63) is 17.7 Å². The molecule has 1 aromatic rings. The minimum atomic E-state index is 0.248. The Morgan fingerprint density at radius 3 is 2.24 bits per heavy atom. The smallest absolute Gasteiger partial charge is 0.203 e. The van der Waals surface area contributed by atoms with Crippen LogP contribution in [0.1, 0.15) is 38.2 Å². The van der Waals surface area contributed by atoms with Crippen LogP contribution in [0.25, 0.3) is 0 Å². The van der Waals surface area contributed by atoms with Gasteiger partial charge in [0.05, 0.1) is 21.3 Å². The van der Waals surface area contributed by atoms with Gasteiger partial charge < -0.3 is 24.4 Å². The predicted molar refractivity (Wildman–Crippen MR) is 102 cm³/mol. The Labute approximate surface area is 152 Å². The van der Waals surface area contributed by atoms with Gasteiger partial charge >= 0.3 is 0 Å². The van der Waals surface area contributed by atoms with Crippen molar-refractivity contribution in [1.82, 2.24) is 10.2 Å². The molecule has 1 saturated carbocycles. The summed E-state index contributed by atoms with van der Waals surface area (Å²) in [5, 5.41) is 3.66. The number of nitrogens with one attached hydrogen (secondary N) is 1. The molecule has 0 radical (unpaired) electrons. The number of hydrogen-bond acceptors (Lipinski definition) is 5. The van der Waals surface area contributed by atoms with Crippen LogP contribution in [-0.2, 0) is 6.54 Å². The third-order valence-electron chi connectivity index (χ3n) is 5.52. The molecule has 0 heterocycles. The number of benzene rings is 1. The molecule has 0 aliphatic heterocycles. The molecule has 5 heteroatoms. The summed E-state index contributed by atoms with van der Waals surface area (Å²) in [6, 6.07) is 4.03. The van der Waals surface area contributed by atoms with E-state index in [4.69, 9.17) is 14.2 Å². The highest BCUT2D eigenvalue weighted by Gasteiger charge is 2.36. The van der Waals surface area contributed by atoms with Gasteiger partial charge in [0.15, 0.2) is 11.5 Å². The summed E-state index contributed by atoms with van der Waals surface area (Å²) in [6.07, 6.45) is 5.17. The van der Waals surface area contributed by atoms with Crippen molar-refractivity contribution in [3.63, 3.8) is 0 Å². The van der Waals surface area contributed by atoms with Crippen LogP contribution in [-0.4, -0.2) is 52.4 Å². The second-order valence-electron chi connectivity index (χ2n) is 7.46. The highest BCUT2D eigenvalue weighted by molar-refractivity contribution is 5.53. The largest absolute Gasteiger partial charge is 0.493 e. The van der Waals surface area contributed by atoms with E-state index in [1.807, 2.05) is 12.1 Å². The standard InChI is InChI=1S/C20H34N2O3/c1-15-8-7-9-20(12-15,22(2)3)14-21-13-16-10-17(23-4)19(25-6)18(11-16)24-5/h10-11,15,21H,7-9,12-14H2,1-6H3. The van der Waals surface area contributed by atoms with Crippen molar-refractivity contribution in [3.8, 4) is 17.2 Å². The summed E-state index contributed by atoms with van der Waals surface area (Å²) < 4.78 is 16.3. The molecule has 0 amide bonds. The quantitative estimate of drug-likeness (QED) is 0.779. The Balaban J connectivity index is 2.07. The van der Waals surface area contributed by atoms with Crippen molar-refractivity contribution < 1.29 is 14.2 Å². The lowest BCUT2D eigenvalue weighted by Gasteiger charge is -2.45. The second kappa shape index (κ2) is 8.77. The third kappa shape index (κ3) is 4.59. The SMILES string of the molecule is COc1cc(CNCC2(N(C)C)CCCC(C)C2)cc(OC)c1OC. The first kappa shape index (κ1) is 19.9. The molecule has 5 nitrogen and oxygen atoms in total. The lowest BCUT2D eigenvalue weighted by molar-refractivity contribution is 0.0749. The zero-order valence-electron chi connectivity index (χ0n) is 16.6. The molecular weight excluding hydrogens is 316 g/mol. The number of methoxy groups -OCH3 is 3. The van der Waals surface area contributed by atoms with Gasteiger partial charge in [0, 0.05) is 18.6 Å². The minimum absolute atomic E-state index is 0.248. The number of hydrogen-bond donors (Lipinski definition) is 1. The molecule has 0 bridgehead atoms. The summed E-state index contributed by atoms with van der Waals surface area (Å²) in [5.74, 6) is 2.83. The van der Waals surface area contributed by atoms with E-state index in [9.17, 15) is 0 Å². The van der Waals surface area contributed by atoms with Crippen molar-refractivity contribution in [2.75, 3.05) is 42.0 Å². The molecule has 0 aromatic heterocycles. The van der Waals surface area contributed by atoms with Crippen LogP contribution in [0.4, 0.5) is 0 Å². The Hall–Kier alpha value is -1.46. The Morgan fingerprint density at radius 1 is 1.12 bits per heavy atom. The van der Waals surface area contributed by atoms with E-state index in [1.54, 1.807) is 21.3 Å². The highest BCUT2D eigenvalue weighted by Crippen LogP contribution is 2.38. The first-order valence-corrected chi connectivity index (χ1v) is 9.13. The minimum Gasteiger partial charge on any atom is -0.493 e. The number of rotatable bonds is 8. The fourth-order valence-corrected chi connectivity index (χ4v) is 4.03. The molecular formula is C20H34N2O3. The molecule has 0 saturated heterocycles. The van der Waals surface area contributed by atoms with E-state index in [0.29, 0.717) is 17.2 Å². The first-order chi connectivity index (χ1) is 12.0. The maximum absolute atomic E-state index is 5.45. The number of nitrogens with zero attached hydrogens (tertiary/aromatic N) is 1. The van der Waals surface area contributed by atoms with E-state index in [1.165, 1.54) is 25.7 Å². The van der Waals surface area contributed by atoms with Gasteiger partial charge in [-0.15, -0.1) is 0 Å². The second-order valence-corrected chi connectivity index (χ2v) is 7.46. The van der Waals surface area contributed by atoms with Crippen LogP contribution in [0.15, 0.2) is 12.1 Å². The first-order valence-electron chi connectivity index (χ1n) is 9.13. The summed E-state index contributed by atoms with van der Waals surface area (Å²) in [5.41, 5.74) is 1.38. The fourth-order valence-electron chi connectivity index (χ4n) is 4.03. The Bertz CT molecular complexity index is 537. The maximum Gasteiger partial charge on any atom is 0.203 e. The van der Waals surface area contributed by atoms with Gasteiger partial charge in [-0.1, -0.05) is 19.8 Å². The molecule has 1 aliphatic rings. The topological polar surface area (TPSA) is 43.0 Å². The molecule has 1 N–H and O–H groups in total. The lowest BCUT2D eigenvalue weighted by Crippen LogP contribution is -2.54. The van der Waals surface area contributed by atoms with Crippen molar-refractivity contribution in [2.45, 2.75) is 44.7 Å². The number of ether oxygens (including phenoxy) is 3. The molecule has 1 aliphatic carbocycles. The van der Waals surface area contributed by atoms with Crippen LogP contribution in [0.5, 0.6) is 17.2 Å². The monoisotopic (exact) mass is 350 g/mol. The van der Waals surface area contributed by atoms with Crippen molar-refractivity contribution in [2.24, 2.45) is 5.92 Å². The molecule has 2 unspecified atom stereocenters. The van der Waals surface area contributed by atoms with Gasteiger partial charge in [-0.2, -0.15) is 0 Å². The molecule has 25 heavy (non-hydrogen) atoms.